The summed E-state index contributed by atoms with van der Waals surface area (Å²) in [7, 11) is 0. The first-order valence-electron chi connectivity index (χ1n) is 6.21. The zero-order valence-electron chi connectivity index (χ0n) is 11.0. The number of nitrogens with one attached hydrogen (secondary N) is 3. The summed E-state index contributed by atoms with van der Waals surface area (Å²) in [5.74, 6) is 0.437. The molecule has 19 heavy (non-hydrogen) atoms. The molecular formula is C14H17N3O2. The molecule has 5 nitrogen and oxygen atoms in total. The first-order chi connectivity index (χ1) is 9.06. The fourth-order valence-electron chi connectivity index (χ4n) is 1.85. The Hall–Kier alpha value is -2.30. The quantitative estimate of drug-likeness (QED) is 0.778. The maximum atomic E-state index is 11.8. The van der Waals surface area contributed by atoms with Crippen molar-refractivity contribution in [2.45, 2.75) is 19.9 Å². The number of aromatic amines is 1. The third-order valence-electron chi connectivity index (χ3n) is 2.64. The summed E-state index contributed by atoms with van der Waals surface area (Å²) < 4.78 is 0. The van der Waals surface area contributed by atoms with Gasteiger partial charge in [0.1, 0.15) is 5.82 Å². The fraction of sp³-hybridized carbons (Fsp3) is 0.286. The maximum absolute atomic E-state index is 11.8. The first-order valence-corrected chi connectivity index (χ1v) is 6.21. The normalized spacial score (nSPS) is 10.7. The van der Waals surface area contributed by atoms with Gasteiger partial charge in [0.05, 0.1) is 6.54 Å². The molecule has 0 bridgehead atoms. The Labute approximate surface area is 111 Å². The third-order valence-corrected chi connectivity index (χ3v) is 2.64. The van der Waals surface area contributed by atoms with Crippen molar-refractivity contribution < 1.29 is 4.79 Å². The van der Waals surface area contributed by atoms with E-state index in [1.165, 1.54) is 0 Å². The number of H-pyrrole nitrogens is 1. The van der Waals surface area contributed by atoms with E-state index in [0.717, 1.165) is 5.39 Å². The molecule has 3 N–H and O–H groups in total. The largest absolute Gasteiger partial charge is 0.362 e. The van der Waals surface area contributed by atoms with E-state index in [1.807, 2.05) is 38.1 Å². The molecule has 1 aromatic heterocycles. The average Bonchev–Trinajstić information content (AvgIpc) is 2.36. The Morgan fingerprint density at radius 3 is 2.79 bits per heavy atom. The molecule has 0 saturated carbocycles. The van der Waals surface area contributed by atoms with Gasteiger partial charge < -0.3 is 15.6 Å². The number of hydrogen-bond acceptors (Lipinski definition) is 3. The van der Waals surface area contributed by atoms with E-state index in [9.17, 15) is 9.59 Å². The predicted molar refractivity (Wildman–Crippen MR) is 76.3 cm³/mol. The number of carbonyl (C=O) groups excluding carboxylic acids is 1. The number of benzene rings is 1. The number of anilines is 1. The van der Waals surface area contributed by atoms with Crippen molar-refractivity contribution in [3.8, 4) is 0 Å². The minimum Gasteiger partial charge on any atom is -0.362 e. The SMILES string of the molecule is CC(C)NC(=O)CNc1cc2ccccc2c(=O)[nH]1. The van der Waals surface area contributed by atoms with E-state index in [-0.39, 0.29) is 24.1 Å². The Kier molecular flexibility index (Phi) is 3.85. The zero-order valence-corrected chi connectivity index (χ0v) is 11.0. The standard InChI is InChI=1S/C14H17N3O2/c1-9(2)16-13(18)8-15-12-7-10-5-3-4-6-11(10)14(19)17-12/h3-7,9H,8H2,1-2H3,(H,16,18)(H2,15,17,19). The van der Waals surface area contributed by atoms with Gasteiger partial charge in [-0.25, -0.2) is 0 Å². The van der Waals surface area contributed by atoms with Gasteiger partial charge in [0.15, 0.2) is 0 Å². The van der Waals surface area contributed by atoms with Crippen LogP contribution in [-0.2, 0) is 4.79 Å². The monoisotopic (exact) mass is 259 g/mol. The topological polar surface area (TPSA) is 74.0 Å². The van der Waals surface area contributed by atoms with Crippen LogP contribution in [0.1, 0.15) is 13.8 Å². The molecule has 0 aliphatic rings. The summed E-state index contributed by atoms with van der Waals surface area (Å²) in [6.07, 6.45) is 0. The van der Waals surface area contributed by atoms with Crippen LogP contribution >= 0.6 is 0 Å². The van der Waals surface area contributed by atoms with Crippen LogP contribution in [0.2, 0.25) is 0 Å². The van der Waals surface area contributed by atoms with E-state index in [4.69, 9.17) is 0 Å². The molecule has 0 spiro atoms. The second kappa shape index (κ2) is 5.56. The van der Waals surface area contributed by atoms with Crippen LogP contribution in [0.25, 0.3) is 10.8 Å². The summed E-state index contributed by atoms with van der Waals surface area (Å²) in [5, 5.41) is 7.17. The smallest absolute Gasteiger partial charge is 0.257 e. The van der Waals surface area contributed by atoms with E-state index >= 15 is 0 Å². The molecule has 0 saturated heterocycles. The molecule has 100 valence electrons. The highest BCUT2D eigenvalue weighted by molar-refractivity contribution is 5.85. The van der Waals surface area contributed by atoms with Crippen molar-refractivity contribution in [2.24, 2.45) is 0 Å². The molecule has 0 fully saturated rings. The molecule has 0 radical (unpaired) electrons. The van der Waals surface area contributed by atoms with Crippen LogP contribution in [0.5, 0.6) is 0 Å². The molecule has 1 amide bonds. The Bertz CT molecular complexity index is 646. The van der Waals surface area contributed by atoms with Crippen LogP contribution < -0.4 is 16.2 Å². The number of hydrogen-bond donors (Lipinski definition) is 3. The molecule has 2 aromatic rings. The van der Waals surface area contributed by atoms with Gasteiger partial charge in [0.25, 0.3) is 5.56 Å². The van der Waals surface area contributed by atoms with E-state index in [2.05, 4.69) is 15.6 Å². The third kappa shape index (κ3) is 3.34. The number of amides is 1. The van der Waals surface area contributed by atoms with E-state index in [1.54, 1.807) is 6.07 Å². The number of rotatable bonds is 4. The van der Waals surface area contributed by atoms with Crippen LogP contribution in [0.4, 0.5) is 5.82 Å². The molecule has 2 rings (SSSR count). The molecule has 1 heterocycles. The molecule has 5 heteroatoms. The van der Waals surface area contributed by atoms with Crippen LogP contribution in [0, 0.1) is 0 Å². The highest BCUT2D eigenvalue weighted by Gasteiger charge is 2.04. The van der Waals surface area contributed by atoms with Gasteiger partial charge in [-0.15, -0.1) is 0 Å². The summed E-state index contributed by atoms with van der Waals surface area (Å²) in [4.78, 5) is 26.0. The molecule has 0 aliphatic heterocycles. The van der Waals surface area contributed by atoms with Gasteiger partial charge in [0, 0.05) is 11.4 Å². The fourth-order valence-corrected chi connectivity index (χ4v) is 1.85. The molecule has 0 atom stereocenters. The molecular weight excluding hydrogens is 242 g/mol. The highest BCUT2D eigenvalue weighted by atomic mass is 16.2. The van der Waals surface area contributed by atoms with Gasteiger partial charge in [-0.05, 0) is 31.4 Å². The summed E-state index contributed by atoms with van der Waals surface area (Å²) in [5.41, 5.74) is -0.162. The highest BCUT2D eigenvalue weighted by Crippen LogP contribution is 2.12. The second-order valence-corrected chi connectivity index (χ2v) is 4.68. The minimum atomic E-state index is -0.162. The van der Waals surface area contributed by atoms with Crippen molar-refractivity contribution >= 4 is 22.5 Å². The number of fused-ring (bicyclic) bond motifs is 1. The lowest BCUT2D eigenvalue weighted by atomic mass is 10.2. The first kappa shape index (κ1) is 13.1. The Morgan fingerprint density at radius 1 is 1.32 bits per heavy atom. The Morgan fingerprint density at radius 2 is 2.05 bits per heavy atom. The zero-order chi connectivity index (χ0) is 13.8. The summed E-state index contributed by atoms with van der Waals surface area (Å²) in [6, 6.07) is 9.25. The van der Waals surface area contributed by atoms with Crippen molar-refractivity contribution in [2.75, 3.05) is 11.9 Å². The molecule has 0 aliphatic carbocycles. The minimum absolute atomic E-state index is 0.102. The summed E-state index contributed by atoms with van der Waals surface area (Å²) >= 11 is 0. The number of carbonyl (C=O) groups is 1. The Balaban J connectivity index is 2.14. The van der Waals surface area contributed by atoms with Gasteiger partial charge >= 0.3 is 0 Å². The molecule has 1 aromatic carbocycles. The van der Waals surface area contributed by atoms with Crippen molar-refractivity contribution in [3.05, 3.63) is 40.7 Å². The number of aromatic nitrogens is 1. The van der Waals surface area contributed by atoms with Crippen molar-refractivity contribution in [3.63, 3.8) is 0 Å². The van der Waals surface area contributed by atoms with Crippen LogP contribution in [0.3, 0.4) is 0 Å². The predicted octanol–water partition coefficient (Wildman–Crippen LogP) is 1.46. The van der Waals surface area contributed by atoms with E-state index < -0.39 is 0 Å². The lowest BCUT2D eigenvalue weighted by Gasteiger charge is -2.10. The number of pyridine rings is 1. The van der Waals surface area contributed by atoms with Crippen molar-refractivity contribution in [1.29, 1.82) is 0 Å². The van der Waals surface area contributed by atoms with Gasteiger partial charge in [-0.2, -0.15) is 0 Å². The van der Waals surface area contributed by atoms with Gasteiger partial charge in [-0.1, -0.05) is 18.2 Å². The molecule has 0 unspecified atom stereocenters. The van der Waals surface area contributed by atoms with Crippen LogP contribution in [-0.4, -0.2) is 23.5 Å². The lowest BCUT2D eigenvalue weighted by molar-refractivity contribution is -0.119. The maximum Gasteiger partial charge on any atom is 0.257 e. The second-order valence-electron chi connectivity index (χ2n) is 4.68. The average molecular weight is 259 g/mol. The van der Waals surface area contributed by atoms with Gasteiger partial charge in [0.2, 0.25) is 5.91 Å². The van der Waals surface area contributed by atoms with E-state index in [0.29, 0.717) is 11.2 Å². The van der Waals surface area contributed by atoms with Gasteiger partial charge in [-0.3, -0.25) is 9.59 Å². The van der Waals surface area contributed by atoms with Crippen LogP contribution in [0.15, 0.2) is 35.1 Å². The summed E-state index contributed by atoms with van der Waals surface area (Å²) in [6.45, 7) is 3.93. The van der Waals surface area contributed by atoms with Crippen molar-refractivity contribution in [1.82, 2.24) is 10.3 Å². The lowest BCUT2D eigenvalue weighted by Crippen LogP contribution is -2.35.